The zero-order valence-electron chi connectivity index (χ0n) is 15.1. The van der Waals surface area contributed by atoms with Crippen LogP contribution in [0.5, 0.6) is 0 Å². The summed E-state index contributed by atoms with van der Waals surface area (Å²) in [6, 6.07) is -1.01. The summed E-state index contributed by atoms with van der Waals surface area (Å²) in [6.07, 6.45) is -2.04. The first-order chi connectivity index (χ1) is 13.6. The van der Waals surface area contributed by atoms with Crippen LogP contribution in [0.3, 0.4) is 0 Å². The lowest BCUT2D eigenvalue weighted by molar-refractivity contribution is -0.153. The molecule has 1 aromatic carbocycles. The Hall–Kier alpha value is -2.72. The average Bonchev–Trinajstić information content (AvgIpc) is 3.08. The van der Waals surface area contributed by atoms with Gasteiger partial charge in [-0.1, -0.05) is 0 Å². The molecule has 1 N–H and O–H groups in total. The molecule has 29 heavy (non-hydrogen) atoms. The molecule has 1 aliphatic rings. The van der Waals surface area contributed by atoms with Crippen LogP contribution in [0.4, 0.5) is 31.1 Å². The van der Waals surface area contributed by atoms with E-state index in [4.69, 9.17) is 0 Å². The van der Waals surface area contributed by atoms with Gasteiger partial charge in [0.05, 0.1) is 5.69 Å². The van der Waals surface area contributed by atoms with Gasteiger partial charge in [0, 0.05) is 37.8 Å². The number of urea groups is 1. The fourth-order valence-electron chi connectivity index (χ4n) is 3.14. The summed E-state index contributed by atoms with van der Waals surface area (Å²) in [5.41, 5.74) is -0.854. The van der Waals surface area contributed by atoms with E-state index in [1.54, 1.807) is 0 Å². The molecule has 0 spiro atoms. The molecule has 1 atom stereocenters. The molecule has 1 unspecified atom stereocenters. The Morgan fingerprint density at radius 2 is 1.72 bits per heavy atom. The first-order valence-corrected chi connectivity index (χ1v) is 8.97. The van der Waals surface area contributed by atoms with Crippen LogP contribution in [-0.4, -0.2) is 46.0 Å². The summed E-state index contributed by atoms with van der Waals surface area (Å²) in [4.78, 5) is 13.5. The molecule has 11 heteroatoms. The monoisotopic (exact) mass is 420 g/mol. The van der Waals surface area contributed by atoms with E-state index in [2.05, 4.69) is 5.10 Å². The second-order valence-electron chi connectivity index (χ2n) is 6.77. The van der Waals surface area contributed by atoms with Crippen LogP contribution >= 0.6 is 0 Å². The predicted octanol–water partition coefficient (Wildman–Crippen LogP) is 3.96. The number of hydrogen-bond acceptors (Lipinski definition) is 2. The van der Waals surface area contributed by atoms with Crippen molar-refractivity contribution in [3.05, 3.63) is 47.5 Å². The summed E-state index contributed by atoms with van der Waals surface area (Å²) in [5.74, 6) is -3.63. The van der Waals surface area contributed by atoms with Gasteiger partial charge in [0.25, 0.3) is 0 Å². The van der Waals surface area contributed by atoms with E-state index in [-0.39, 0.29) is 5.69 Å². The van der Waals surface area contributed by atoms with Crippen molar-refractivity contribution in [2.75, 3.05) is 13.1 Å². The maximum absolute atomic E-state index is 13.9. The van der Waals surface area contributed by atoms with E-state index in [1.165, 1.54) is 4.90 Å². The van der Waals surface area contributed by atoms with Gasteiger partial charge >= 0.3 is 12.2 Å². The fourth-order valence-corrected chi connectivity index (χ4v) is 3.14. The number of rotatable bonds is 4. The molecular weight excluding hydrogens is 402 g/mol. The van der Waals surface area contributed by atoms with Gasteiger partial charge in [0.1, 0.15) is 17.5 Å². The van der Waals surface area contributed by atoms with Crippen molar-refractivity contribution in [1.29, 1.82) is 0 Å². The molecule has 1 fully saturated rings. The van der Waals surface area contributed by atoms with Gasteiger partial charge in [-0.15, -0.1) is 0 Å². The quantitative estimate of drug-likeness (QED) is 0.762. The van der Waals surface area contributed by atoms with E-state index >= 15 is 0 Å². The lowest BCUT2D eigenvalue weighted by Gasteiger charge is -2.29. The smallest absolute Gasteiger partial charge is 0.326 e. The normalized spacial score (nSPS) is 16.0. The van der Waals surface area contributed by atoms with Gasteiger partial charge in [0.2, 0.25) is 0 Å². The zero-order chi connectivity index (χ0) is 21.2. The maximum Gasteiger partial charge on any atom is 0.409 e. The molecule has 1 aliphatic heterocycles. The second-order valence-corrected chi connectivity index (χ2v) is 6.77. The highest BCUT2D eigenvalue weighted by Gasteiger charge is 2.42. The number of halogens is 6. The van der Waals surface area contributed by atoms with Crippen LogP contribution in [0.15, 0.2) is 24.4 Å². The first-order valence-electron chi connectivity index (χ1n) is 8.97. The van der Waals surface area contributed by atoms with Crippen molar-refractivity contribution in [3.63, 3.8) is 0 Å². The standard InChI is InChI=1S/C18H18F6N4O/c19-11-8-13(20)16(14(21)9-11)28-7-4-12(26-28)10-15(18(22,23)24)25-17(29)27-5-2-1-3-6-27/h4,7-9,15H,1-3,5-6,10H2,(H,25,29). The summed E-state index contributed by atoms with van der Waals surface area (Å²) in [7, 11) is 0. The number of nitrogens with zero attached hydrogens (tertiary/aromatic N) is 3. The highest BCUT2D eigenvalue weighted by atomic mass is 19.4. The van der Waals surface area contributed by atoms with Crippen molar-refractivity contribution < 1.29 is 31.1 Å². The van der Waals surface area contributed by atoms with Crippen molar-refractivity contribution in [3.8, 4) is 5.69 Å². The summed E-state index contributed by atoms with van der Waals surface area (Å²) < 4.78 is 81.6. The van der Waals surface area contributed by atoms with Crippen LogP contribution in [0.1, 0.15) is 25.0 Å². The minimum Gasteiger partial charge on any atom is -0.326 e. The van der Waals surface area contributed by atoms with Crippen LogP contribution < -0.4 is 5.32 Å². The van der Waals surface area contributed by atoms with E-state index in [0.717, 1.165) is 31.5 Å². The molecule has 0 saturated carbocycles. The Labute approximate surface area is 162 Å². The number of benzene rings is 1. The molecule has 0 bridgehead atoms. The molecule has 2 heterocycles. The molecule has 158 valence electrons. The SMILES string of the molecule is O=C(NC(Cc1ccn(-c2c(F)cc(F)cc2F)n1)C(F)(F)F)N1CCCCC1. The van der Waals surface area contributed by atoms with Crippen molar-refractivity contribution in [1.82, 2.24) is 20.0 Å². The summed E-state index contributed by atoms with van der Waals surface area (Å²) in [6.45, 7) is 0.766. The zero-order valence-corrected chi connectivity index (χ0v) is 15.1. The number of aromatic nitrogens is 2. The van der Waals surface area contributed by atoms with E-state index in [1.807, 2.05) is 5.32 Å². The van der Waals surface area contributed by atoms with Crippen molar-refractivity contribution in [2.24, 2.45) is 0 Å². The molecule has 0 aliphatic carbocycles. The summed E-state index contributed by atoms with van der Waals surface area (Å²) >= 11 is 0. The molecule has 1 saturated heterocycles. The molecule has 5 nitrogen and oxygen atoms in total. The van der Waals surface area contributed by atoms with E-state index in [0.29, 0.717) is 29.9 Å². The van der Waals surface area contributed by atoms with Crippen LogP contribution in [-0.2, 0) is 6.42 Å². The van der Waals surface area contributed by atoms with Gasteiger partial charge in [-0.3, -0.25) is 0 Å². The minimum absolute atomic E-state index is 0.144. The number of likely N-dealkylation sites (tertiary alicyclic amines) is 1. The van der Waals surface area contributed by atoms with Crippen molar-refractivity contribution in [2.45, 2.75) is 37.9 Å². The largest absolute Gasteiger partial charge is 0.409 e. The van der Waals surface area contributed by atoms with Gasteiger partial charge < -0.3 is 10.2 Å². The number of carbonyl (C=O) groups is 1. The average molecular weight is 420 g/mol. The fraction of sp³-hybridized carbons (Fsp3) is 0.444. The number of alkyl halides is 3. The number of nitrogens with one attached hydrogen (secondary N) is 1. The Balaban J connectivity index is 1.76. The molecule has 0 radical (unpaired) electrons. The predicted molar refractivity (Wildman–Crippen MR) is 90.9 cm³/mol. The Kier molecular flexibility index (Phi) is 6.04. The van der Waals surface area contributed by atoms with Crippen molar-refractivity contribution >= 4 is 6.03 Å². The first kappa shape index (κ1) is 21.0. The third kappa shape index (κ3) is 5.01. The topological polar surface area (TPSA) is 50.2 Å². The third-order valence-electron chi connectivity index (χ3n) is 4.60. The Bertz CT molecular complexity index is 852. The number of amides is 2. The molecule has 2 aromatic rings. The lowest BCUT2D eigenvalue weighted by atomic mass is 10.1. The third-order valence-corrected chi connectivity index (χ3v) is 4.60. The molecule has 3 rings (SSSR count). The van der Waals surface area contributed by atoms with Gasteiger partial charge in [-0.2, -0.15) is 18.3 Å². The number of hydrogen-bond donors (Lipinski definition) is 1. The van der Waals surface area contributed by atoms with E-state index < -0.39 is 47.8 Å². The second kappa shape index (κ2) is 8.34. The number of piperidine rings is 1. The number of carbonyl (C=O) groups excluding carboxylic acids is 1. The Morgan fingerprint density at radius 3 is 2.31 bits per heavy atom. The Morgan fingerprint density at radius 1 is 1.10 bits per heavy atom. The van der Waals surface area contributed by atoms with Crippen LogP contribution in [0.25, 0.3) is 5.69 Å². The highest BCUT2D eigenvalue weighted by Crippen LogP contribution is 2.24. The van der Waals surface area contributed by atoms with Crippen LogP contribution in [0, 0.1) is 17.5 Å². The van der Waals surface area contributed by atoms with Crippen LogP contribution in [0.2, 0.25) is 0 Å². The molecule has 1 aromatic heterocycles. The highest BCUT2D eigenvalue weighted by molar-refractivity contribution is 5.74. The molecule has 2 amide bonds. The van der Waals surface area contributed by atoms with E-state index in [9.17, 15) is 31.1 Å². The maximum atomic E-state index is 13.9. The van der Waals surface area contributed by atoms with Gasteiger partial charge in [-0.25, -0.2) is 22.6 Å². The minimum atomic E-state index is -4.75. The lowest BCUT2D eigenvalue weighted by Crippen LogP contribution is -2.52. The van der Waals surface area contributed by atoms with Gasteiger partial charge in [-0.05, 0) is 25.3 Å². The van der Waals surface area contributed by atoms with Gasteiger partial charge in [0.15, 0.2) is 11.6 Å². The molecular formula is C18H18F6N4O. The summed E-state index contributed by atoms with van der Waals surface area (Å²) in [5, 5.41) is 5.72.